The van der Waals surface area contributed by atoms with Crippen molar-refractivity contribution in [1.29, 1.82) is 5.26 Å². The largest absolute Gasteiger partial charge is 0.466 e. The number of hydrogen-bond donors (Lipinski definition) is 0. The number of carbonyl (C=O) groups excluding carboxylic acids is 1. The normalized spacial score (nSPS) is 10.5. The first kappa shape index (κ1) is 12.7. The quantitative estimate of drug-likeness (QED) is 0.451. The van der Waals surface area contributed by atoms with Gasteiger partial charge in [0.15, 0.2) is 0 Å². The van der Waals surface area contributed by atoms with Gasteiger partial charge in [-0.3, -0.25) is 0 Å². The average Bonchev–Trinajstić information content (AvgIpc) is 2.38. The molecule has 1 aromatic rings. The average molecular weight is 227 g/mol. The predicted molar refractivity (Wildman–Crippen MR) is 65.8 cm³/mol. The minimum Gasteiger partial charge on any atom is -0.466 e. The van der Waals surface area contributed by atoms with Crippen LogP contribution in [0.3, 0.4) is 0 Å². The summed E-state index contributed by atoms with van der Waals surface area (Å²) < 4.78 is 4.67. The van der Waals surface area contributed by atoms with Crippen LogP contribution >= 0.6 is 0 Å². The summed E-state index contributed by atoms with van der Waals surface area (Å²) in [6, 6.07) is 11.3. The van der Waals surface area contributed by atoms with Crippen molar-refractivity contribution in [3.8, 4) is 6.07 Å². The van der Waals surface area contributed by atoms with Gasteiger partial charge in [0.1, 0.15) is 0 Å². The van der Waals surface area contributed by atoms with Crippen LogP contribution in [0.15, 0.2) is 48.1 Å². The summed E-state index contributed by atoms with van der Waals surface area (Å²) in [5.74, 6) is -0.440. The molecule has 0 aliphatic rings. The molecule has 0 unspecified atom stereocenters. The lowest BCUT2D eigenvalue weighted by Gasteiger charge is -2.04. The van der Waals surface area contributed by atoms with Crippen LogP contribution in [0.25, 0.3) is 6.08 Å². The zero-order valence-electron chi connectivity index (χ0n) is 9.64. The van der Waals surface area contributed by atoms with E-state index in [1.807, 2.05) is 36.4 Å². The van der Waals surface area contributed by atoms with Gasteiger partial charge >= 0.3 is 5.97 Å². The summed E-state index contributed by atoms with van der Waals surface area (Å²) in [7, 11) is 1.32. The van der Waals surface area contributed by atoms with Crippen molar-refractivity contribution in [3.05, 3.63) is 53.6 Å². The lowest BCUT2D eigenvalue weighted by atomic mass is 10.0. The number of hydrogen-bond acceptors (Lipinski definition) is 3. The van der Waals surface area contributed by atoms with E-state index in [1.54, 1.807) is 6.08 Å². The number of methoxy groups -OCH3 is 1. The number of ether oxygens (including phenoxy) is 1. The maximum atomic E-state index is 11.5. The third-order valence-corrected chi connectivity index (χ3v) is 2.15. The summed E-state index contributed by atoms with van der Waals surface area (Å²) in [5.41, 5.74) is 1.64. The molecule has 0 bridgehead atoms. The second kappa shape index (κ2) is 6.29. The molecule has 0 aliphatic carbocycles. The fourth-order valence-corrected chi connectivity index (χ4v) is 1.33. The number of esters is 1. The van der Waals surface area contributed by atoms with Gasteiger partial charge in [-0.1, -0.05) is 36.9 Å². The Morgan fingerprint density at radius 1 is 1.47 bits per heavy atom. The molecule has 1 rings (SSSR count). The van der Waals surface area contributed by atoms with Gasteiger partial charge in [-0.05, 0) is 11.6 Å². The number of rotatable bonds is 4. The van der Waals surface area contributed by atoms with E-state index in [1.165, 1.54) is 7.11 Å². The summed E-state index contributed by atoms with van der Waals surface area (Å²) >= 11 is 0. The molecule has 0 N–H and O–H groups in total. The predicted octanol–water partition coefficient (Wildman–Crippen LogP) is 2.71. The SMILES string of the molecule is C=C(C#N)C/C(=C\c1ccccc1)C(=O)OC. The number of nitriles is 1. The van der Waals surface area contributed by atoms with E-state index >= 15 is 0 Å². The van der Waals surface area contributed by atoms with Crippen molar-refractivity contribution >= 4 is 12.0 Å². The van der Waals surface area contributed by atoms with Crippen molar-refractivity contribution in [2.45, 2.75) is 6.42 Å². The maximum Gasteiger partial charge on any atom is 0.334 e. The molecule has 0 heterocycles. The molecular weight excluding hydrogens is 214 g/mol. The van der Waals surface area contributed by atoms with E-state index in [0.29, 0.717) is 11.1 Å². The molecule has 0 amide bonds. The molecule has 0 atom stereocenters. The molecule has 0 fully saturated rings. The Bertz CT molecular complexity index is 481. The van der Waals surface area contributed by atoms with Gasteiger partial charge in [-0.2, -0.15) is 5.26 Å². The van der Waals surface area contributed by atoms with Crippen LogP contribution in [0.2, 0.25) is 0 Å². The Morgan fingerprint density at radius 2 is 2.12 bits per heavy atom. The van der Waals surface area contributed by atoms with Crippen LogP contribution in [-0.2, 0) is 9.53 Å². The molecule has 3 nitrogen and oxygen atoms in total. The highest BCUT2D eigenvalue weighted by Crippen LogP contribution is 2.15. The lowest BCUT2D eigenvalue weighted by molar-refractivity contribution is -0.136. The summed E-state index contributed by atoms with van der Waals surface area (Å²) in [4.78, 5) is 11.5. The standard InChI is InChI=1S/C14H13NO2/c1-11(10-15)8-13(14(16)17-2)9-12-6-4-3-5-7-12/h3-7,9H,1,8H2,2H3/b13-9+. The molecule has 1 aromatic carbocycles. The van der Waals surface area contributed by atoms with Crippen molar-refractivity contribution in [1.82, 2.24) is 0 Å². The number of benzene rings is 1. The number of carbonyl (C=O) groups is 1. The Hall–Kier alpha value is -2.34. The second-order valence-corrected chi connectivity index (χ2v) is 3.46. The maximum absolute atomic E-state index is 11.5. The summed E-state index contributed by atoms with van der Waals surface area (Å²) in [6.45, 7) is 3.56. The molecule has 0 saturated heterocycles. The number of allylic oxidation sites excluding steroid dienone is 1. The van der Waals surface area contributed by atoms with Gasteiger partial charge in [0.2, 0.25) is 0 Å². The molecule has 0 radical (unpaired) electrons. The highest BCUT2D eigenvalue weighted by Gasteiger charge is 2.10. The Morgan fingerprint density at radius 3 is 2.65 bits per heavy atom. The highest BCUT2D eigenvalue weighted by molar-refractivity contribution is 5.94. The first-order chi connectivity index (χ1) is 8.17. The van der Waals surface area contributed by atoms with E-state index in [9.17, 15) is 4.79 Å². The molecular formula is C14H13NO2. The van der Waals surface area contributed by atoms with Crippen molar-refractivity contribution in [3.63, 3.8) is 0 Å². The van der Waals surface area contributed by atoms with E-state index in [2.05, 4.69) is 11.3 Å². The van der Waals surface area contributed by atoms with Gasteiger partial charge in [0.25, 0.3) is 0 Å². The van der Waals surface area contributed by atoms with Crippen LogP contribution < -0.4 is 0 Å². The van der Waals surface area contributed by atoms with Crippen LogP contribution in [0.1, 0.15) is 12.0 Å². The van der Waals surface area contributed by atoms with Crippen molar-refractivity contribution in [2.24, 2.45) is 0 Å². The first-order valence-electron chi connectivity index (χ1n) is 5.09. The van der Waals surface area contributed by atoms with Crippen LogP contribution in [0.5, 0.6) is 0 Å². The third kappa shape index (κ3) is 3.96. The molecule has 0 spiro atoms. The molecule has 0 aliphatic heterocycles. The zero-order chi connectivity index (χ0) is 12.7. The second-order valence-electron chi connectivity index (χ2n) is 3.46. The lowest BCUT2D eigenvalue weighted by Crippen LogP contribution is -2.05. The Kier molecular flexibility index (Phi) is 4.71. The highest BCUT2D eigenvalue weighted by atomic mass is 16.5. The minimum absolute atomic E-state index is 0.206. The van der Waals surface area contributed by atoms with Crippen LogP contribution in [-0.4, -0.2) is 13.1 Å². The van der Waals surface area contributed by atoms with E-state index < -0.39 is 5.97 Å². The van der Waals surface area contributed by atoms with Crippen LogP contribution in [0, 0.1) is 11.3 Å². The molecule has 0 aromatic heterocycles. The molecule has 17 heavy (non-hydrogen) atoms. The van der Waals surface area contributed by atoms with E-state index in [0.717, 1.165) is 5.56 Å². The Balaban J connectivity index is 2.99. The zero-order valence-corrected chi connectivity index (χ0v) is 9.64. The van der Waals surface area contributed by atoms with E-state index in [4.69, 9.17) is 5.26 Å². The molecule has 0 saturated carbocycles. The van der Waals surface area contributed by atoms with Gasteiger partial charge in [-0.15, -0.1) is 0 Å². The van der Waals surface area contributed by atoms with E-state index in [-0.39, 0.29) is 6.42 Å². The third-order valence-electron chi connectivity index (χ3n) is 2.15. The summed E-state index contributed by atoms with van der Waals surface area (Å²) in [6.07, 6.45) is 1.91. The fraction of sp³-hybridized carbons (Fsp3) is 0.143. The van der Waals surface area contributed by atoms with Crippen LogP contribution in [0.4, 0.5) is 0 Å². The van der Waals surface area contributed by atoms with Gasteiger partial charge in [-0.25, -0.2) is 4.79 Å². The number of nitrogens with zero attached hydrogens (tertiary/aromatic N) is 1. The Labute approximate surface area is 101 Å². The topological polar surface area (TPSA) is 50.1 Å². The minimum atomic E-state index is -0.440. The summed E-state index contributed by atoms with van der Waals surface area (Å²) in [5, 5.41) is 8.68. The first-order valence-corrected chi connectivity index (χ1v) is 5.09. The van der Waals surface area contributed by atoms with Crippen molar-refractivity contribution < 1.29 is 9.53 Å². The van der Waals surface area contributed by atoms with Gasteiger partial charge in [0, 0.05) is 17.6 Å². The fourth-order valence-electron chi connectivity index (χ4n) is 1.33. The van der Waals surface area contributed by atoms with Crippen molar-refractivity contribution in [2.75, 3.05) is 7.11 Å². The monoisotopic (exact) mass is 227 g/mol. The van der Waals surface area contributed by atoms with Gasteiger partial charge < -0.3 is 4.74 Å². The molecule has 86 valence electrons. The smallest absolute Gasteiger partial charge is 0.334 e. The van der Waals surface area contributed by atoms with Gasteiger partial charge in [0.05, 0.1) is 13.2 Å². The molecule has 3 heteroatoms.